The zero-order chi connectivity index (χ0) is 11.7. The lowest BCUT2D eigenvalue weighted by atomic mass is 9.90. The number of H-pyrrole nitrogens is 1. The molecular formula is C13H18N2OS. The van der Waals surface area contributed by atoms with Crippen molar-refractivity contribution in [1.82, 2.24) is 10.3 Å². The maximum Gasteiger partial charge on any atom is 0.251 e. The van der Waals surface area contributed by atoms with Crippen LogP contribution in [0.3, 0.4) is 0 Å². The number of hydrogen-bond donors (Lipinski definition) is 2. The zero-order valence-electron chi connectivity index (χ0n) is 9.92. The van der Waals surface area contributed by atoms with Crippen LogP contribution < -0.4 is 10.9 Å². The van der Waals surface area contributed by atoms with Crippen molar-refractivity contribution in [2.75, 3.05) is 18.8 Å². The second-order valence-electron chi connectivity index (χ2n) is 4.88. The average Bonchev–Trinajstić information content (AvgIpc) is 2.39. The fourth-order valence-electron chi connectivity index (χ4n) is 2.77. The maximum atomic E-state index is 12.1. The van der Waals surface area contributed by atoms with Crippen LogP contribution in [0.15, 0.2) is 10.9 Å². The first-order valence-corrected chi connectivity index (χ1v) is 7.53. The first-order chi connectivity index (χ1) is 8.34. The lowest BCUT2D eigenvalue weighted by molar-refractivity contribution is 0.457. The molecule has 2 aliphatic heterocycles. The Labute approximate surface area is 105 Å². The van der Waals surface area contributed by atoms with Gasteiger partial charge in [0, 0.05) is 17.0 Å². The van der Waals surface area contributed by atoms with Crippen molar-refractivity contribution in [2.24, 2.45) is 0 Å². The molecule has 2 N–H and O–H groups in total. The molecule has 0 unspecified atom stereocenters. The number of pyridine rings is 1. The highest BCUT2D eigenvalue weighted by Gasteiger charge is 2.20. The molecule has 3 heterocycles. The minimum Gasteiger partial charge on any atom is -0.326 e. The van der Waals surface area contributed by atoms with Gasteiger partial charge in [-0.05, 0) is 55.7 Å². The summed E-state index contributed by atoms with van der Waals surface area (Å²) in [4.78, 5) is 15.2. The Kier molecular flexibility index (Phi) is 3.25. The van der Waals surface area contributed by atoms with Gasteiger partial charge in [0.2, 0.25) is 0 Å². The SMILES string of the molecule is O=c1[nH]c2c(cc1C1CCNCC1)CSCC2. The Morgan fingerprint density at radius 3 is 2.94 bits per heavy atom. The minimum atomic E-state index is 0.155. The fraction of sp³-hybridized carbons (Fsp3) is 0.615. The molecule has 2 aliphatic rings. The van der Waals surface area contributed by atoms with E-state index < -0.39 is 0 Å². The van der Waals surface area contributed by atoms with Crippen LogP contribution in [-0.2, 0) is 12.2 Å². The van der Waals surface area contributed by atoms with Crippen molar-refractivity contribution in [3.8, 4) is 0 Å². The molecule has 0 amide bonds. The second kappa shape index (κ2) is 4.86. The number of aromatic amines is 1. The number of rotatable bonds is 1. The predicted octanol–water partition coefficient (Wildman–Crippen LogP) is 1.63. The number of aromatic nitrogens is 1. The van der Waals surface area contributed by atoms with Gasteiger partial charge in [-0.25, -0.2) is 0 Å². The highest BCUT2D eigenvalue weighted by atomic mass is 32.2. The number of thioether (sulfide) groups is 1. The van der Waals surface area contributed by atoms with E-state index in [-0.39, 0.29) is 5.56 Å². The number of fused-ring (bicyclic) bond motifs is 1. The largest absolute Gasteiger partial charge is 0.326 e. The van der Waals surface area contributed by atoms with Gasteiger partial charge in [0.15, 0.2) is 0 Å². The number of nitrogens with one attached hydrogen (secondary N) is 2. The summed E-state index contributed by atoms with van der Waals surface area (Å²) < 4.78 is 0. The number of aryl methyl sites for hydroxylation is 1. The van der Waals surface area contributed by atoms with Crippen LogP contribution in [0.25, 0.3) is 0 Å². The minimum absolute atomic E-state index is 0.155. The first kappa shape index (κ1) is 11.4. The molecule has 1 saturated heterocycles. The van der Waals surface area contributed by atoms with Gasteiger partial charge in [-0.2, -0.15) is 11.8 Å². The van der Waals surface area contributed by atoms with Crippen molar-refractivity contribution in [1.29, 1.82) is 0 Å². The molecule has 0 aliphatic carbocycles. The molecule has 1 fully saturated rings. The van der Waals surface area contributed by atoms with Crippen LogP contribution in [0.2, 0.25) is 0 Å². The van der Waals surface area contributed by atoms with Gasteiger partial charge in [-0.1, -0.05) is 0 Å². The lowest BCUT2D eigenvalue weighted by Crippen LogP contribution is -2.30. The summed E-state index contributed by atoms with van der Waals surface area (Å²) in [5.41, 5.74) is 3.70. The van der Waals surface area contributed by atoms with E-state index in [1.807, 2.05) is 11.8 Å². The molecule has 0 spiro atoms. The fourth-order valence-corrected chi connectivity index (χ4v) is 3.74. The molecule has 4 heteroatoms. The van der Waals surface area contributed by atoms with E-state index in [9.17, 15) is 4.79 Å². The Balaban J connectivity index is 1.96. The maximum absolute atomic E-state index is 12.1. The predicted molar refractivity (Wildman–Crippen MR) is 71.8 cm³/mol. The van der Waals surface area contributed by atoms with E-state index in [2.05, 4.69) is 16.4 Å². The third kappa shape index (κ3) is 2.29. The van der Waals surface area contributed by atoms with Gasteiger partial charge in [-0.15, -0.1) is 0 Å². The summed E-state index contributed by atoms with van der Waals surface area (Å²) >= 11 is 1.96. The van der Waals surface area contributed by atoms with E-state index in [0.717, 1.165) is 49.4 Å². The Hall–Kier alpha value is -0.740. The quantitative estimate of drug-likeness (QED) is 0.796. The van der Waals surface area contributed by atoms with E-state index in [0.29, 0.717) is 5.92 Å². The van der Waals surface area contributed by atoms with Crippen LogP contribution in [-0.4, -0.2) is 23.8 Å². The Morgan fingerprint density at radius 2 is 2.12 bits per heavy atom. The van der Waals surface area contributed by atoms with Crippen molar-refractivity contribution in [3.63, 3.8) is 0 Å². The lowest BCUT2D eigenvalue weighted by Gasteiger charge is -2.24. The average molecular weight is 250 g/mol. The summed E-state index contributed by atoms with van der Waals surface area (Å²) in [6.07, 6.45) is 3.20. The Bertz CT molecular complexity index is 463. The molecule has 3 nitrogen and oxygen atoms in total. The van der Waals surface area contributed by atoms with Gasteiger partial charge in [0.25, 0.3) is 5.56 Å². The van der Waals surface area contributed by atoms with Crippen molar-refractivity contribution in [3.05, 3.63) is 33.2 Å². The molecule has 92 valence electrons. The molecule has 0 saturated carbocycles. The third-order valence-corrected chi connectivity index (χ3v) is 4.78. The molecular weight excluding hydrogens is 232 g/mol. The van der Waals surface area contributed by atoms with Gasteiger partial charge in [-0.3, -0.25) is 4.79 Å². The van der Waals surface area contributed by atoms with E-state index in [4.69, 9.17) is 0 Å². The normalized spacial score (nSPS) is 21.2. The smallest absolute Gasteiger partial charge is 0.251 e. The van der Waals surface area contributed by atoms with Crippen molar-refractivity contribution >= 4 is 11.8 Å². The standard InChI is InChI=1S/C13H18N2OS/c16-13-11(9-1-4-14-5-2-9)7-10-8-17-6-3-12(10)15-13/h7,9,14H,1-6,8H2,(H,15,16). The van der Waals surface area contributed by atoms with Crippen LogP contribution in [0.1, 0.15) is 35.6 Å². The third-order valence-electron chi connectivity index (χ3n) is 3.78. The highest BCUT2D eigenvalue weighted by molar-refractivity contribution is 7.98. The van der Waals surface area contributed by atoms with Gasteiger partial charge in [0.05, 0.1) is 0 Å². The molecule has 1 aromatic heterocycles. The molecule has 3 rings (SSSR count). The monoisotopic (exact) mass is 250 g/mol. The molecule has 1 aromatic rings. The zero-order valence-corrected chi connectivity index (χ0v) is 10.7. The topological polar surface area (TPSA) is 44.9 Å². The molecule has 0 atom stereocenters. The second-order valence-corrected chi connectivity index (χ2v) is 5.99. The van der Waals surface area contributed by atoms with E-state index in [1.165, 1.54) is 11.3 Å². The van der Waals surface area contributed by atoms with Crippen molar-refractivity contribution < 1.29 is 0 Å². The Morgan fingerprint density at radius 1 is 1.29 bits per heavy atom. The summed E-state index contributed by atoms with van der Waals surface area (Å²) in [6, 6.07) is 2.18. The van der Waals surface area contributed by atoms with Crippen molar-refractivity contribution in [2.45, 2.75) is 30.9 Å². The van der Waals surface area contributed by atoms with Crippen LogP contribution >= 0.6 is 11.8 Å². The highest BCUT2D eigenvalue weighted by Crippen LogP contribution is 2.27. The van der Waals surface area contributed by atoms with E-state index >= 15 is 0 Å². The molecule has 17 heavy (non-hydrogen) atoms. The van der Waals surface area contributed by atoms with Crippen LogP contribution in [0.5, 0.6) is 0 Å². The van der Waals surface area contributed by atoms with Gasteiger partial charge >= 0.3 is 0 Å². The molecule has 0 bridgehead atoms. The number of hydrogen-bond acceptors (Lipinski definition) is 3. The molecule has 0 radical (unpaired) electrons. The first-order valence-electron chi connectivity index (χ1n) is 6.38. The summed E-state index contributed by atoms with van der Waals surface area (Å²) in [6.45, 7) is 2.08. The molecule has 0 aromatic carbocycles. The number of piperidine rings is 1. The van der Waals surface area contributed by atoms with Crippen LogP contribution in [0.4, 0.5) is 0 Å². The summed E-state index contributed by atoms with van der Waals surface area (Å²) in [5, 5.41) is 3.35. The van der Waals surface area contributed by atoms with E-state index in [1.54, 1.807) is 0 Å². The van der Waals surface area contributed by atoms with Crippen LogP contribution in [0, 0.1) is 0 Å². The van der Waals surface area contributed by atoms with Gasteiger partial charge in [0.1, 0.15) is 0 Å². The summed E-state index contributed by atoms with van der Waals surface area (Å²) in [7, 11) is 0. The van der Waals surface area contributed by atoms with Gasteiger partial charge < -0.3 is 10.3 Å². The summed E-state index contributed by atoms with van der Waals surface area (Å²) in [5.74, 6) is 2.65.